The maximum atomic E-state index is 12.0. The van der Waals surface area contributed by atoms with E-state index >= 15 is 0 Å². The summed E-state index contributed by atoms with van der Waals surface area (Å²) in [5, 5.41) is 12.3. The van der Waals surface area contributed by atoms with Gasteiger partial charge in [-0.25, -0.2) is 0 Å². The summed E-state index contributed by atoms with van der Waals surface area (Å²) >= 11 is 0. The quantitative estimate of drug-likeness (QED) is 0.676. The van der Waals surface area contributed by atoms with Crippen molar-refractivity contribution in [2.45, 2.75) is 31.7 Å². The molecule has 2 atom stereocenters. The van der Waals surface area contributed by atoms with Crippen molar-refractivity contribution in [3.05, 3.63) is 0 Å². The van der Waals surface area contributed by atoms with Crippen LogP contribution < -0.4 is 5.32 Å². The highest BCUT2D eigenvalue weighted by atomic mass is 16.3. The third-order valence-corrected chi connectivity index (χ3v) is 3.46. The van der Waals surface area contributed by atoms with Crippen LogP contribution in [-0.4, -0.2) is 48.2 Å². The Morgan fingerprint density at radius 3 is 2.87 bits per heavy atom. The smallest absolute Gasteiger partial charge is 0.239 e. The van der Waals surface area contributed by atoms with Gasteiger partial charge in [0.25, 0.3) is 0 Å². The third-order valence-electron chi connectivity index (χ3n) is 3.46. The first-order valence-corrected chi connectivity index (χ1v) is 5.94. The van der Waals surface area contributed by atoms with Gasteiger partial charge in [-0.3, -0.25) is 4.79 Å². The number of nitrogens with zero attached hydrogens (tertiary/aromatic N) is 1. The highest BCUT2D eigenvalue weighted by Crippen LogP contribution is 2.18. The van der Waals surface area contributed by atoms with Crippen LogP contribution in [0.15, 0.2) is 0 Å². The monoisotopic (exact) mass is 212 g/mol. The van der Waals surface area contributed by atoms with Crippen molar-refractivity contribution in [1.29, 1.82) is 0 Å². The first-order valence-electron chi connectivity index (χ1n) is 5.94. The summed E-state index contributed by atoms with van der Waals surface area (Å²) in [5.41, 5.74) is 0. The molecule has 86 valence electrons. The second-order valence-electron chi connectivity index (χ2n) is 4.62. The fourth-order valence-electron chi connectivity index (χ4n) is 2.46. The molecule has 0 bridgehead atoms. The summed E-state index contributed by atoms with van der Waals surface area (Å²) in [5.74, 6) is 0.545. The van der Waals surface area contributed by atoms with E-state index in [4.69, 9.17) is 5.11 Å². The minimum atomic E-state index is 0.0381. The Bertz CT molecular complexity index is 227. The zero-order valence-corrected chi connectivity index (χ0v) is 9.11. The zero-order valence-electron chi connectivity index (χ0n) is 9.11. The molecule has 2 N–H and O–H groups in total. The van der Waals surface area contributed by atoms with E-state index in [1.165, 1.54) is 6.42 Å². The molecule has 0 aromatic rings. The van der Waals surface area contributed by atoms with Gasteiger partial charge in [0.05, 0.1) is 6.04 Å². The van der Waals surface area contributed by atoms with E-state index < -0.39 is 0 Å². The summed E-state index contributed by atoms with van der Waals surface area (Å²) in [6, 6.07) is 0.0381. The van der Waals surface area contributed by atoms with Crippen molar-refractivity contribution in [2.75, 3.05) is 26.2 Å². The molecule has 0 aromatic carbocycles. The van der Waals surface area contributed by atoms with E-state index in [-0.39, 0.29) is 18.6 Å². The van der Waals surface area contributed by atoms with Gasteiger partial charge in [-0.15, -0.1) is 0 Å². The third kappa shape index (κ3) is 2.49. The van der Waals surface area contributed by atoms with Gasteiger partial charge in [0.2, 0.25) is 5.91 Å². The van der Waals surface area contributed by atoms with Gasteiger partial charge >= 0.3 is 0 Å². The van der Waals surface area contributed by atoms with E-state index in [9.17, 15) is 4.79 Å². The van der Waals surface area contributed by atoms with E-state index in [0.29, 0.717) is 5.92 Å². The molecule has 4 nitrogen and oxygen atoms in total. The van der Waals surface area contributed by atoms with Gasteiger partial charge in [-0.2, -0.15) is 0 Å². The molecular weight excluding hydrogens is 192 g/mol. The lowest BCUT2D eigenvalue weighted by atomic mass is 10.0. The van der Waals surface area contributed by atoms with Crippen LogP contribution in [0.4, 0.5) is 0 Å². The topological polar surface area (TPSA) is 52.6 Å². The molecule has 0 aliphatic carbocycles. The molecule has 0 radical (unpaired) electrons. The number of carbonyl (C=O) groups is 1. The molecule has 0 saturated carbocycles. The molecule has 2 heterocycles. The highest BCUT2D eigenvalue weighted by molar-refractivity contribution is 5.82. The molecule has 4 heteroatoms. The minimum absolute atomic E-state index is 0.0381. The Hall–Kier alpha value is -0.610. The Labute approximate surface area is 90.6 Å². The highest BCUT2D eigenvalue weighted by Gasteiger charge is 2.30. The van der Waals surface area contributed by atoms with Crippen molar-refractivity contribution < 1.29 is 9.90 Å². The first kappa shape index (κ1) is 10.9. The van der Waals surface area contributed by atoms with Crippen molar-refractivity contribution in [1.82, 2.24) is 10.2 Å². The largest absolute Gasteiger partial charge is 0.396 e. The predicted molar refractivity (Wildman–Crippen MR) is 57.4 cm³/mol. The van der Waals surface area contributed by atoms with Crippen molar-refractivity contribution in [2.24, 2.45) is 5.92 Å². The van der Waals surface area contributed by atoms with Crippen LogP contribution in [0.5, 0.6) is 0 Å². The molecule has 1 amide bonds. The standard InChI is InChI=1S/C11H20N2O2/c14-8-9-4-6-13(7-9)11(15)10-3-1-2-5-12-10/h9-10,12,14H,1-8H2/t9-,10+/m1/s1. The van der Waals surface area contributed by atoms with Gasteiger partial charge in [0, 0.05) is 25.6 Å². The number of hydrogen-bond donors (Lipinski definition) is 2. The van der Waals surface area contributed by atoms with Gasteiger partial charge < -0.3 is 15.3 Å². The van der Waals surface area contributed by atoms with Crippen LogP contribution in [0, 0.1) is 5.92 Å². The normalized spacial score (nSPS) is 31.9. The van der Waals surface area contributed by atoms with Gasteiger partial charge in [0.15, 0.2) is 0 Å². The molecule has 15 heavy (non-hydrogen) atoms. The number of piperidine rings is 1. The number of nitrogens with one attached hydrogen (secondary N) is 1. The second-order valence-corrected chi connectivity index (χ2v) is 4.62. The molecule has 2 aliphatic heterocycles. The van der Waals surface area contributed by atoms with E-state index in [1.807, 2.05) is 4.90 Å². The fourth-order valence-corrected chi connectivity index (χ4v) is 2.46. The van der Waals surface area contributed by atoms with Crippen LogP contribution in [0.1, 0.15) is 25.7 Å². The number of aliphatic hydroxyl groups is 1. The average molecular weight is 212 g/mol. The molecule has 0 spiro atoms. The lowest BCUT2D eigenvalue weighted by Crippen LogP contribution is -2.47. The number of rotatable bonds is 2. The van der Waals surface area contributed by atoms with E-state index in [2.05, 4.69) is 5.32 Å². The fraction of sp³-hybridized carbons (Fsp3) is 0.909. The number of amides is 1. The molecule has 0 aromatic heterocycles. The van der Waals surface area contributed by atoms with Crippen LogP contribution in [0.2, 0.25) is 0 Å². The van der Waals surface area contributed by atoms with Gasteiger partial charge in [-0.1, -0.05) is 6.42 Å². The Kier molecular flexibility index (Phi) is 3.59. The van der Waals surface area contributed by atoms with E-state index in [1.54, 1.807) is 0 Å². The van der Waals surface area contributed by atoms with Gasteiger partial charge in [-0.05, 0) is 25.8 Å². The first-order chi connectivity index (χ1) is 7.31. The van der Waals surface area contributed by atoms with Crippen molar-refractivity contribution in [3.63, 3.8) is 0 Å². The lowest BCUT2D eigenvalue weighted by molar-refractivity contribution is -0.133. The summed E-state index contributed by atoms with van der Waals surface area (Å²) in [6.07, 6.45) is 4.26. The molecular formula is C11H20N2O2. The number of carbonyl (C=O) groups excluding carboxylic acids is 1. The van der Waals surface area contributed by atoms with Crippen molar-refractivity contribution >= 4 is 5.91 Å². The molecule has 2 rings (SSSR count). The zero-order chi connectivity index (χ0) is 10.7. The van der Waals surface area contributed by atoms with Crippen molar-refractivity contribution in [3.8, 4) is 0 Å². The molecule has 2 fully saturated rings. The summed E-state index contributed by atoms with van der Waals surface area (Å²) in [4.78, 5) is 14.0. The predicted octanol–water partition coefficient (Wildman–Crippen LogP) is -0.0307. The number of hydrogen-bond acceptors (Lipinski definition) is 3. The van der Waals surface area contributed by atoms with Crippen LogP contribution in [-0.2, 0) is 4.79 Å². The maximum absolute atomic E-state index is 12.0. The minimum Gasteiger partial charge on any atom is -0.396 e. The summed E-state index contributed by atoms with van der Waals surface area (Å²) in [6.45, 7) is 2.74. The SMILES string of the molecule is O=C([C@@H]1CCCCN1)N1CC[C@@H](CO)C1. The second kappa shape index (κ2) is 4.94. The molecule has 2 aliphatic rings. The maximum Gasteiger partial charge on any atom is 0.239 e. The van der Waals surface area contributed by atoms with Gasteiger partial charge in [0.1, 0.15) is 0 Å². The van der Waals surface area contributed by atoms with E-state index in [0.717, 1.165) is 38.9 Å². The Morgan fingerprint density at radius 1 is 1.40 bits per heavy atom. The van der Waals surface area contributed by atoms with Crippen LogP contribution >= 0.6 is 0 Å². The Morgan fingerprint density at radius 2 is 2.27 bits per heavy atom. The Balaban J connectivity index is 1.85. The number of aliphatic hydroxyl groups excluding tert-OH is 1. The molecule has 0 unspecified atom stereocenters. The average Bonchev–Trinajstić information content (AvgIpc) is 2.78. The van der Waals surface area contributed by atoms with Crippen LogP contribution in [0.25, 0.3) is 0 Å². The summed E-state index contributed by atoms with van der Waals surface area (Å²) < 4.78 is 0. The van der Waals surface area contributed by atoms with Crippen LogP contribution in [0.3, 0.4) is 0 Å². The lowest BCUT2D eigenvalue weighted by Gasteiger charge is -2.27. The summed E-state index contributed by atoms with van der Waals surface area (Å²) in [7, 11) is 0. The number of likely N-dealkylation sites (tertiary alicyclic amines) is 1. The molecule has 2 saturated heterocycles.